The Morgan fingerprint density at radius 3 is 2.89 bits per heavy atom. The van der Waals surface area contributed by atoms with Gasteiger partial charge < -0.3 is 5.32 Å². The highest BCUT2D eigenvalue weighted by atomic mass is 15.5. The maximum atomic E-state index is 3.98. The maximum Gasteiger partial charge on any atom is 0.153 e. The molecule has 1 heterocycles. The molecule has 0 aliphatic heterocycles. The SMILES string of the molecule is Cc1nnnn1-c1cccc(NC(C)C2CC2)c1. The standard InChI is InChI=1S/C13H17N5/c1-9(11-6-7-11)14-12-4-3-5-13(8-12)18-10(2)15-16-17-18/h3-5,8-9,11,14H,6-7H2,1-2H3. The third kappa shape index (κ3) is 2.20. The molecule has 18 heavy (non-hydrogen) atoms. The quantitative estimate of drug-likeness (QED) is 0.894. The van der Waals surface area contributed by atoms with Gasteiger partial charge in [0.15, 0.2) is 5.82 Å². The molecule has 1 atom stereocenters. The van der Waals surface area contributed by atoms with Crippen molar-refractivity contribution in [3.63, 3.8) is 0 Å². The van der Waals surface area contributed by atoms with Crippen LogP contribution in [0.3, 0.4) is 0 Å². The lowest BCUT2D eigenvalue weighted by molar-refractivity contribution is 0.694. The highest BCUT2D eigenvalue weighted by Gasteiger charge is 2.27. The van der Waals surface area contributed by atoms with Gasteiger partial charge >= 0.3 is 0 Å². The molecule has 0 bridgehead atoms. The zero-order valence-electron chi connectivity index (χ0n) is 10.7. The Hall–Kier alpha value is -1.91. The Morgan fingerprint density at radius 2 is 2.22 bits per heavy atom. The van der Waals surface area contributed by atoms with Gasteiger partial charge in [-0.2, -0.15) is 4.68 Å². The van der Waals surface area contributed by atoms with Crippen molar-refractivity contribution in [1.29, 1.82) is 0 Å². The van der Waals surface area contributed by atoms with E-state index in [2.05, 4.69) is 39.9 Å². The average molecular weight is 243 g/mol. The van der Waals surface area contributed by atoms with E-state index in [0.717, 1.165) is 23.1 Å². The van der Waals surface area contributed by atoms with Crippen molar-refractivity contribution >= 4 is 5.69 Å². The molecule has 1 unspecified atom stereocenters. The van der Waals surface area contributed by atoms with Gasteiger partial charge in [0.1, 0.15) is 0 Å². The molecule has 5 heteroatoms. The van der Waals surface area contributed by atoms with E-state index in [0.29, 0.717) is 6.04 Å². The number of rotatable bonds is 4. The second-order valence-corrected chi connectivity index (χ2v) is 4.96. The summed E-state index contributed by atoms with van der Waals surface area (Å²) in [5, 5.41) is 15.1. The summed E-state index contributed by atoms with van der Waals surface area (Å²) < 4.78 is 1.74. The number of nitrogens with zero attached hydrogens (tertiary/aromatic N) is 4. The number of aromatic nitrogens is 4. The van der Waals surface area contributed by atoms with Crippen LogP contribution in [0.1, 0.15) is 25.6 Å². The summed E-state index contributed by atoms with van der Waals surface area (Å²) in [7, 11) is 0. The van der Waals surface area contributed by atoms with E-state index in [1.54, 1.807) is 4.68 Å². The van der Waals surface area contributed by atoms with Gasteiger partial charge in [0.2, 0.25) is 0 Å². The summed E-state index contributed by atoms with van der Waals surface area (Å²) in [6.45, 7) is 4.14. The molecule has 0 radical (unpaired) electrons. The van der Waals surface area contributed by atoms with E-state index in [-0.39, 0.29) is 0 Å². The van der Waals surface area contributed by atoms with Crippen molar-refractivity contribution in [1.82, 2.24) is 20.2 Å². The molecule has 1 saturated carbocycles. The number of nitrogens with one attached hydrogen (secondary N) is 1. The molecule has 0 spiro atoms. The lowest BCUT2D eigenvalue weighted by Crippen LogP contribution is -2.17. The zero-order valence-corrected chi connectivity index (χ0v) is 10.7. The summed E-state index contributed by atoms with van der Waals surface area (Å²) >= 11 is 0. The second-order valence-electron chi connectivity index (χ2n) is 4.96. The number of benzene rings is 1. The molecule has 1 fully saturated rings. The molecule has 0 amide bonds. The highest BCUT2D eigenvalue weighted by molar-refractivity contribution is 5.51. The molecule has 3 rings (SSSR count). The molecule has 1 aromatic heterocycles. The Balaban J connectivity index is 1.82. The minimum absolute atomic E-state index is 0.537. The third-order valence-electron chi connectivity index (χ3n) is 3.44. The van der Waals surface area contributed by atoms with Crippen molar-refractivity contribution in [2.45, 2.75) is 32.7 Å². The predicted molar refractivity (Wildman–Crippen MR) is 69.7 cm³/mol. The average Bonchev–Trinajstić information content (AvgIpc) is 3.13. The maximum absolute atomic E-state index is 3.98. The van der Waals surface area contributed by atoms with Crippen molar-refractivity contribution in [2.24, 2.45) is 5.92 Å². The number of aryl methyl sites for hydroxylation is 1. The molecule has 2 aromatic rings. The van der Waals surface area contributed by atoms with Crippen LogP contribution in [-0.2, 0) is 0 Å². The number of hydrogen-bond acceptors (Lipinski definition) is 4. The normalized spacial score (nSPS) is 16.6. The fourth-order valence-corrected chi connectivity index (χ4v) is 2.17. The first kappa shape index (κ1) is 11.2. The lowest BCUT2D eigenvalue weighted by Gasteiger charge is -2.15. The van der Waals surface area contributed by atoms with E-state index < -0.39 is 0 Å². The van der Waals surface area contributed by atoms with Gasteiger partial charge in [-0.3, -0.25) is 0 Å². The van der Waals surface area contributed by atoms with Crippen molar-refractivity contribution in [3.8, 4) is 5.69 Å². The first-order chi connectivity index (χ1) is 8.74. The largest absolute Gasteiger partial charge is 0.382 e. The molecule has 94 valence electrons. The minimum atomic E-state index is 0.537. The van der Waals surface area contributed by atoms with Crippen LogP contribution in [0.2, 0.25) is 0 Å². The topological polar surface area (TPSA) is 55.6 Å². The van der Waals surface area contributed by atoms with Crippen molar-refractivity contribution < 1.29 is 0 Å². The van der Waals surface area contributed by atoms with Gasteiger partial charge in [-0.05, 0) is 61.2 Å². The predicted octanol–water partition coefficient (Wildman–Crippen LogP) is 2.18. The van der Waals surface area contributed by atoms with E-state index >= 15 is 0 Å². The summed E-state index contributed by atoms with van der Waals surface area (Å²) in [5.41, 5.74) is 2.12. The van der Waals surface area contributed by atoms with Gasteiger partial charge in [-0.1, -0.05) is 6.07 Å². The van der Waals surface area contributed by atoms with Crippen LogP contribution in [0.25, 0.3) is 5.69 Å². The highest BCUT2D eigenvalue weighted by Crippen LogP contribution is 2.34. The van der Waals surface area contributed by atoms with Crippen molar-refractivity contribution in [3.05, 3.63) is 30.1 Å². The Bertz CT molecular complexity index is 544. The van der Waals surface area contributed by atoms with E-state index in [9.17, 15) is 0 Å². The Morgan fingerprint density at radius 1 is 1.39 bits per heavy atom. The fraction of sp³-hybridized carbons (Fsp3) is 0.462. The Kier molecular flexibility index (Phi) is 2.74. The van der Waals surface area contributed by atoms with Crippen LogP contribution >= 0.6 is 0 Å². The second kappa shape index (κ2) is 4.40. The number of tetrazole rings is 1. The van der Waals surface area contributed by atoms with E-state index in [1.165, 1.54) is 12.8 Å². The molecular formula is C13H17N5. The van der Waals surface area contributed by atoms with E-state index in [4.69, 9.17) is 0 Å². The molecule has 1 aliphatic carbocycles. The summed E-state index contributed by atoms with van der Waals surface area (Å²) in [4.78, 5) is 0. The smallest absolute Gasteiger partial charge is 0.153 e. The van der Waals surface area contributed by atoms with Gasteiger partial charge in [0.05, 0.1) is 5.69 Å². The third-order valence-corrected chi connectivity index (χ3v) is 3.44. The number of anilines is 1. The molecule has 5 nitrogen and oxygen atoms in total. The molecule has 1 aliphatic rings. The first-order valence-electron chi connectivity index (χ1n) is 6.36. The summed E-state index contributed by atoms with van der Waals surface area (Å²) in [5.74, 6) is 1.63. The zero-order chi connectivity index (χ0) is 12.5. The Labute approximate surface area is 106 Å². The van der Waals surface area contributed by atoms with Gasteiger partial charge in [0.25, 0.3) is 0 Å². The lowest BCUT2D eigenvalue weighted by atomic mass is 10.2. The van der Waals surface area contributed by atoms with Crippen LogP contribution in [0, 0.1) is 12.8 Å². The first-order valence-corrected chi connectivity index (χ1v) is 6.36. The number of hydrogen-bond donors (Lipinski definition) is 1. The van der Waals surface area contributed by atoms with Gasteiger partial charge in [0, 0.05) is 11.7 Å². The van der Waals surface area contributed by atoms with Crippen LogP contribution in [-0.4, -0.2) is 26.2 Å². The summed E-state index contributed by atoms with van der Waals surface area (Å²) in [6.07, 6.45) is 2.69. The molecule has 1 aromatic carbocycles. The monoisotopic (exact) mass is 243 g/mol. The minimum Gasteiger partial charge on any atom is -0.382 e. The van der Waals surface area contributed by atoms with Crippen LogP contribution in [0.4, 0.5) is 5.69 Å². The van der Waals surface area contributed by atoms with Crippen molar-refractivity contribution in [2.75, 3.05) is 5.32 Å². The van der Waals surface area contributed by atoms with Crippen LogP contribution < -0.4 is 5.32 Å². The summed E-state index contributed by atoms with van der Waals surface area (Å²) in [6, 6.07) is 8.74. The fourth-order valence-electron chi connectivity index (χ4n) is 2.17. The molecule has 1 N–H and O–H groups in total. The van der Waals surface area contributed by atoms with Gasteiger partial charge in [-0.25, -0.2) is 0 Å². The van der Waals surface area contributed by atoms with E-state index in [1.807, 2.05) is 19.1 Å². The van der Waals surface area contributed by atoms with Gasteiger partial charge in [-0.15, -0.1) is 5.10 Å². The molecule has 0 saturated heterocycles. The molecular weight excluding hydrogens is 226 g/mol. The van der Waals surface area contributed by atoms with Crippen LogP contribution in [0.15, 0.2) is 24.3 Å². The van der Waals surface area contributed by atoms with Crippen LogP contribution in [0.5, 0.6) is 0 Å².